The lowest BCUT2D eigenvalue weighted by Crippen LogP contribution is -2.40. The lowest BCUT2D eigenvalue weighted by Gasteiger charge is -2.23. The van der Waals surface area contributed by atoms with E-state index in [0.717, 1.165) is 35.5 Å². The van der Waals surface area contributed by atoms with Gasteiger partial charge in [0, 0.05) is 12.6 Å². The van der Waals surface area contributed by atoms with Gasteiger partial charge in [0.25, 0.3) is 10.0 Å². The summed E-state index contributed by atoms with van der Waals surface area (Å²) in [6.07, 6.45) is 9.03. The van der Waals surface area contributed by atoms with Crippen molar-refractivity contribution in [3.05, 3.63) is 45.0 Å². The predicted octanol–water partition coefficient (Wildman–Crippen LogP) is 3.87. The van der Waals surface area contributed by atoms with E-state index in [0.29, 0.717) is 27.7 Å². The van der Waals surface area contributed by atoms with Crippen molar-refractivity contribution in [2.24, 2.45) is 9.50 Å². The van der Waals surface area contributed by atoms with Gasteiger partial charge in [-0.05, 0) is 36.5 Å². The molecule has 162 valence electrons. The molecule has 1 saturated carbocycles. The number of hydrazone groups is 1. The van der Waals surface area contributed by atoms with Gasteiger partial charge in [-0.15, -0.1) is 22.3 Å². The molecule has 3 rings (SSSR count). The summed E-state index contributed by atoms with van der Waals surface area (Å²) >= 11 is 14.0. The van der Waals surface area contributed by atoms with Crippen molar-refractivity contribution in [3.8, 4) is 0 Å². The second kappa shape index (κ2) is 10.7. The van der Waals surface area contributed by atoms with E-state index < -0.39 is 10.0 Å². The molecule has 12 heteroatoms. The average Bonchev–Trinajstić information content (AvgIpc) is 3.34. The number of thiocarbonyl (C=S) groups is 1. The van der Waals surface area contributed by atoms with Crippen LogP contribution in [0.25, 0.3) is 0 Å². The standard InChI is InChI=1S/C18H22ClN5O2S4/c1-2-10-24-16(19)14(12-20-22-17(27)21-13-7-4-3-5-8-13)29-18(24)23-30(25,26)15-9-6-11-28-15/h2,6,9,11-13H,1,3-5,7-8,10H2,(H2,21,22,27)/b20-12+,23-18+. The zero-order valence-electron chi connectivity index (χ0n) is 16.1. The average molecular weight is 504 g/mol. The van der Waals surface area contributed by atoms with E-state index in [4.69, 9.17) is 23.8 Å². The van der Waals surface area contributed by atoms with Gasteiger partial charge in [0.05, 0.1) is 11.1 Å². The van der Waals surface area contributed by atoms with E-state index in [2.05, 4.69) is 26.8 Å². The number of aromatic nitrogens is 1. The van der Waals surface area contributed by atoms with Gasteiger partial charge in [-0.25, -0.2) is 0 Å². The fourth-order valence-electron chi connectivity index (χ4n) is 3.02. The zero-order valence-corrected chi connectivity index (χ0v) is 20.1. The predicted molar refractivity (Wildman–Crippen MR) is 128 cm³/mol. The van der Waals surface area contributed by atoms with Crippen molar-refractivity contribution in [1.29, 1.82) is 0 Å². The molecule has 0 bridgehead atoms. The molecule has 2 aromatic rings. The Balaban J connectivity index is 1.78. The lowest BCUT2D eigenvalue weighted by molar-refractivity contribution is 0.412. The van der Waals surface area contributed by atoms with E-state index in [1.165, 1.54) is 31.5 Å². The molecule has 0 saturated heterocycles. The maximum atomic E-state index is 12.5. The van der Waals surface area contributed by atoms with Gasteiger partial charge in [0.2, 0.25) is 4.80 Å². The first kappa shape index (κ1) is 23.1. The number of hydrogen-bond donors (Lipinski definition) is 2. The molecule has 0 radical (unpaired) electrons. The first-order chi connectivity index (χ1) is 14.4. The lowest BCUT2D eigenvalue weighted by atomic mass is 9.96. The molecule has 1 aliphatic carbocycles. The van der Waals surface area contributed by atoms with Crippen LogP contribution in [0.4, 0.5) is 0 Å². The van der Waals surface area contributed by atoms with Crippen LogP contribution in [0.15, 0.2) is 43.9 Å². The van der Waals surface area contributed by atoms with Crippen LogP contribution in [0.1, 0.15) is 37.0 Å². The minimum Gasteiger partial charge on any atom is -0.359 e. The summed E-state index contributed by atoms with van der Waals surface area (Å²) in [6.45, 7) is 4.02. The molecular weight excluding hydrogens is 482 g/mol. The topological polar surface area (TPSA) is 87.8 Å². The van der Waals surface area contributed by atoms with Gasteiger partial charge in [0.1, 0.15) is 9.36 Å². The van der Waals surface area contributed by atoms with Crippen molar-refractivity contribution in [3.63, 3.8) is 0 Å². The molecule has 0 spiro atoms. The Morgan fingerprint density at radius 2 is 2.17 bits per heavy atom. The van der Waals surface area contributed by atoms with Crippen LogP contribution < -0.4 is 15.5 Å². The van der Waals surface area contributed by atoms with Gasteiger partial charge in [0.15, 0.2) is 5.11 Å². The molecule has 2 N–H and O–H groups in total. The van der Waals surface area contributed by atoms with Crippen molar-refractivity contribution < 1.29 is 8.42 Å². The van der Waals surface area contributed by atoms with Crippen molar-refractivity contribution >= 4 is 67.8 Å². The van der Waals surface area contributed by atoms with E-state index in [1.54, 1.807) is 22.1 Å². The number of rotatable bonds is 7. The van der Waals surface area contributed by atoms with Gasteiger partial charge >= 0.3 is 0 Å². The van der Waals surface area contributed by atoms with Gasteiger partial charge in [-0.1, -0.05) is 54.3 Å². The molecule has 0 aliphatic heterocycles. The molecule has 0 amide bonds. The van der Waals surface area contributed by atoms with Gasteiger partial charge in [-0.3, -0.25) is 5.43 Å². The maximum Gasteiger partial charge on any atom is 0.294 e. The van der Waals surface area contributed by atoms with E-state index in [1.807, 2.05) is 0 Å². The Morgan fingerprint density at radius 3 is 2.83 bits per heavy atom. The number of thiophene rings is 1. The molecule has 0 unspecified atom stereocenters. The van der Waals surface area contributed by atoms with Crippen LogP contribution in [0.3, 0.4) is 0 Å². The second-order valence-electron chi connectivity index (χ2n) is 6.62. The molecule has 2 aromatic heterocycles. The summed E-state index contributed by atoms with van der Waals surface area (Å²) in [5.74, 6) is 0. The Labute approximate surface area is 194 Å². The van der Waals surface area contributed by atoms with E-state index >= 15 is 0 Å². The minimum absolute atomic E-state index is 0.174. The zero-order chi connectivity index (χ0) is 21.6. The number of sulfonamides is 1. The van der Waals surface area contributed by atoms with Crippen LogP contribution in [-0.4, -0.2) is 30.4 Å². The van der Waals surface area contributed by atoms with Gasteiger partial charge < -0.3 is 9.88 Å². The highest BCUT2D eigenvalue weighted by Gasteiger charge is 2.17. The molecule has 1 aliphatic rings. The highest BCUT2D eigenvalue weighted by Crippen LogP contribution is 2.21. The highest BCUT2D eigenvalue weighted by atomic mass is 35.5. The summed E-state index contributed by atoms with van der Waals surface area (Å²) in [6, 6.07) is 3.56. The van der Waals surface area contributed by atoms with Crippen LogP contribution in [0, 0.1) is 0 Å². The Morgan fingerprint density at radius 1 is 1.40 bits per heavy atom. The molecule has 7 nitrogen and oxygen atoms in total. The number of allylic oxidation sites excluding steroid dienone is 1. The molecular formula is C18H22ClN5O2S4. The first-order valence-electron chi connectivity index (χ1n) is 9.35. The third-order valence-corrected chi connectivity index (χ3v) is 8.92. The second-order valence-corrected chi connectivity index (χ2v) is 11.2. The monoisotopic (exact) mass is 503 g/mol. The molecule has 2 heterocycles. The Hall–Kier alpha value is -1.53. The third-order valence-electron chi connectivity index (χ3n) is 4.42. The third kappa shape index (κ3) is 6.01. The molecule has 30 heavy (non-hydrogen) atoms. The number of halogens is 1. The summed E-state index contributed by atoms with van der Waals surface area (Å²) in [7, 11) is -3.82. The quantitative estimate of drug-likeness (QED) is 0.259. The number of thiazole rings is 1. The van der Waals surface area contributed by atoms with Crippen molar-refractivity contribution in [2.75, 3.05) is 0 Å². The largest absolute Gasteiger partial charge is 0.359 e. The Bertz CT molecular complexity index is 1080. The van der Waals surface area contributed by atoms with Gasteiger partial charge in [-0.2, -0.15) is 13.5 Å². The van der Waals surface area contributed by atoms with Crippen molar-refractivity contribution in [2.45, 2.75) is 48.9 Å². The van der Waals surface area contributed by atoms with Crippen LogP contribution in [0.2, 0.25) is 5.15 Å². The van der Waals surface area contributed by atoms with Crippen LogP contribution in [0.5, 0.6) is 0 Å². The van der Waals surface area contributed by atoms with E-state index in [-0.39, 0.29) is 9.01 Å². The molecule has 0 aromatic carbocycles. The summed E-state index contributed by atoms with van der Waals surface area (Å²) in [4.78, 5) is 0.810. The summed E-state index contributed by atoms with van der Waals surface area (Å²) in [5.41, 5.74) is 2.80. The van der Waals surface area contributed by atoms with E-state index in [9.17, 15) is 8.42 Å². The SMILES string of the molecule is C=CCn1c(Cl)c(/C=N/NC(=S)NC2CCCCC2)s/c1=N/S(=O)(=O)c1cccs1. The van der Waals surface area contributed by atoms with Crippen LogP contribution in [-0.2, 0) is 16.6 Å². The Kier molecular flexibility index (Phi) is 8.23. The fourth-order valence-corrected chi connectivity index (χ4v) is 6.68. The minimum atomic E-state index is -3.82. The number of nitrogens with zero attached hydrogens (tertiary/aromatic N) is 3. The highest BCUT2D eigenvalue weighted by molar-refractivity contribution is 7.92. The van der Waals surface area contributed by atoms with Crippen molar-refractivity contribution in [1.82, 2.24) is 15.3 Å². The number of hydrogen-bond acceptors (Lipinski definition) is 6. The molecule has 1 fully saturated rings. The van der Waals surface area contributed by atoms with Crippen LogP contribution >= 0.6 is 46.5 Å². The first-order valence-corrected chi connectivity index (χ1v) is 13.3. The summed E-state index contributed by atoms with van der Waals surface area (Å²) < 4.78 is 30.8. The fraction of sp³-hybridized carbons (Fsp3) is 0.389. The smallest absolute Gasteiger partial charge is 0.294 e. The number of nitrogens with one attached hydrogen (secondary N) is 2. The molecule has 0 atom stereocenters. The normalized spacial score (nSPS) is 16.1. The summed E-state index contributed by atoms with van der Waals surface area (Å²) in [5, 5.41) is 9.89. The maximum absolute atomic E-state index is 12.5.